The Morgan fingerprint density at radius 2 is 1.84 bits per heavy atom. The Labute approximate surface area is 145 Å². The van der Waals surface area contributed by atoms with Crippen molar-refractivity contribution in [3.63, 3.8) is 0 Å². The zero-order valence-corrected chi connectivity index (χ0v) is 14.2. The number of fused-ring (bicyclic) bond motifs is 1. The van der Waals surface area contributed by atoms with Crippen LogP contribution in [0.15, 0.2) is 30.3 Å². The third kappa shape index (κ3) is 2.98. The second-order valence-corrected chi connectivity index (χ2v) is 6.63. The Hall–Kier alpha value is -2.79. The molecule has 8 heteroatoms. The molecule has 0 spiro atoms. The first kappa shape index (κ1) is 17.0. The van der Waals surface area contributed by atoms with Gasteiger partial charge in [-0.25, -0.2) is 4.98 Å². The maximum atomic E-state index is 13.5. The van der Waals surface area contributed by atoms with Crippen molar-refractivity contribution in [2.24, 2.45) is 0 Å². The van der Waals surface area contributed by atoms with E-state index in [4.69, 9.17) is 11.0 Å². The summed E-state index contributed by atoms with van der Waals surface area (Å²) in [6.07, 6.45) is -4.60. The van der Waals surface area contributed by atoms with Gasteiger partial charge >= 0.3 is 6.18 Å². The summed E-state index contributed by atoms with van der Waals surface area (Å²) in [5.41, 5.74) is 6.36. The lowest BCUT2D eigenvalue weighted by atomic mass is 10.1. The number of anilines is 2. The largest absolute Gasteiger partial charge is 0.417 e. The second-order valence-electron chi connectivity index (χ2n) is 5.63. The Kier molecular flexibility index (Phi) is 4.05. The number of nitrogens with two attached hydrogens (primary N) is 1. The third-order valence-electron chi connectivity index (χ3n) is 3.79. The lowest BCUT2D eigenvalue weighted by molar-refractivity contribution is -0.136. The Morgan fingerprint density at radius 1 is 1.20 bits per heavy atom. The molecule has 4 nitrogen and oxygen atoms in total. The molecular weight excluding hydrogens is 349 g/mol. The van der Waals surface area contributed by atoms with Crippen molar-refractivity contribution in [2.45, 2.75) is 6.18 Å². The highest BCUT2D eigenvalue weighted by molar-refractivity contribution is 7.19. The minimum Gasteiger partial charge on any atom is -0.396 e. The molecule has 0 saturated heterocycles. The van der Waals surface area contributed by atoms with Crippen molar-refractivity contribution in [2.75, 3.05) is 24.7 Å². The van der Waals surface area contributed by atoms with E-state index in [0.717, 1.165) is 23.1 Å². The molecule has 0 fully saturated rings. The Balaban J connectivity index is 2.25. The molecule has 0 atom stereocenters. The van der Waals surface area contributed by atoms with Crippen LogP contribution < -0.4 is 10.6 Å². The smallest absolute Gasteiger partial charge is 0.396 e. The topological polar surface area (TPSA) is 65.9 Å². The molecule has 0 unspecified atom stereocenters. The van der Waals surface area contributed by atoms with Crippen molar-refractivity contribution < 1.29 is 13.2 Å². The van der Waals surface area contributed by atoms with Gasteiger partial charge in [0.15, 0.2) is 0 Å². The number of aromatic nitrogens is 1. The van der Waals surface area contributed by atoms with Crippen molar-refractivity contribution in [1.29, 1.82) is 5.26 Å². The van der Waals surface area contributed by atoms with Gasteiger partial charge in [0.25, 0.3) is 0 Å². The standard InChI is InChI=1S/C17H13F3N4S/c1-24(2)10-5-3-9(4-6-10)12-7-11(17(18,19)20)14-15(22)13(8-21)25-16(14)23-12/h3-7H,22H2,1-2H3. The number of hydrogen-bond donors (Lipinski definition) is 1. The van der Waals surface area contributed by atoms with Gasteiger partial charge in [-0.1, -0.05) is 12.1 Å². The van der Waals surface area contributed by atoms with Crippen LogP contribution in [0.1, 0.15) is 10.4 Å². The monoisotopic (exact) mass is 362 g/mol. The molecular formula is C17H13F3N4S. The van der Waals surface area contributed by atoms with Crippen LogP contribution in [0, 0.1) is 11.3 Å². The number of halogens is 3. The lowest BCUT2D eigenvalue weighted by Gasteiger charge is -2.14. The van der Waals surface area contributed by atoms with Gasteiger partial charge < -0.3 is 10.6 Å². The van der Waals surface area contributed by atoms with E-state index >= 15 is 0 Å². The lowest BCUT2D eigenvalue weighted by Crippen LogP contribution is -2.08. The van der Waals surface area contributed by atoms with Crippen molar-refractivity contribution in [1.82, 2.24) is 4.98 Å². The van der Waals surface area contributed by atoms with Crippen LogP contribution in [0.25, 0.3) is 21.5 Å². The molecule has 0 radical (unpaired) electrons. The Bertz CT molecular complexity index is 982. The van der Waals surface area contributed by atoms with Crippen molar-refractivity contribution in [3.05, 3.63) is 40.8 Å². The van der Waals surface area contributed by atoms with Gasteiger partial charge in [0, 0.05) is 30.7 Å². The summed E-state index contributed by atoms with van der Waals surface area (Å²) < 4.78 is 40.5. The Morgan fingerprint density at radius 3 is 2.36 bits per heavy atom. The van der Waals surface area contributed by atoms with E-state index in [-0.39, 0.29) is 26.5 Å². The number of benzene rings is 1. The number of hydrogen-bond acceptors (Lipinski definition) is 5. The molecule has 2 N–H and O–H groups in total. The van der Waals surface area contributed by atoms with Gasteiger partial charge in [0.05, 0.1) is 16.9 Å². The average molecular weight is 362 g/mol. The van der Waals surface area contributed by atoms with Gasteiger partial charge in [0.1, 0.15) is 15.8 Å². The van der Waals surface area contributed by atoms with Crippen LogP contribution in [0.4, 0.5) is 24.5 Å². The van der Waals surface area contributed by atoms with E-state index in [1.54, 1.807) is 24.3 Å². The van der Waals surface area contributed by atoms with Crippen LogP contribution in [0.2, 0.25) is 0 Å². The first-order chi connectivity index (χ1) is 11.7. The highest BCUT2D eigenvalue weighted by Crippen LogP contribution is 2.43. The first-order valence-corrected chi connectivity index (χ1v) is 8.02. The van der Waals surface area contributed by atoms with E-state index in [1.807, 2.05) is 25.1 Å². The number of nitrogens with zero attached hydrogens (tertiary/aromatic N) is 3. The highest BCUT2D eigenvalue weighted by atomic mass is 32.1. The fourth-order valence-electron chi connectivity index (χ4n) is 2.51. The summed E-state index contributed by atoms with van der Waals surface area (Å²) in [6, 6.07) is 9.84. The summed E-state index contributed by atoms with van der Waals surface area (Å²) in [5.74, 6) is 0. The van der Waals surface area contributed by atoms with Crippen LogP contribution in [-0.2, 0) is 6.18 Å². The molecule has 0 aliphatic carbocycles. The van der Waals surface area contributed by atoms with E-state index in [9.17, 15) is 13.2 Å². The van der Waals surface area contributed by atoms with Crippen LogP contribution >= 0.6 is 11.3 Å². The van der Waals surface area contributed by atoms with E-state index in [2.05, 4.69) is 4.98 Å². The molecule has 0 bridgehead atoms. The third-order valence-corrected chi connectivity index (χ3v) is 4.79. The van der Waals surface area contributed by atoms with E-state index in [0.29, 0.717) is 5.56 Å². The predicted molar refractivity (Wildman–Crippen MR) is 93.5 cm³/mol. The number of rotatable bonds is 2. The maximum Gasteiger partial charge on any atom is 0.417 e. The minimum absolute atomic E-state index is 0.0353. The number of nitrogen functional groups attached to an aromatic ring is 1. The summed E-state index contributed by atoms with van der Waals surface area (Å²) >= 11 is 0.866. The number of pyridine rings is 1. The molecule has 0 aliphatic heterocycles. The summed E-state index contributed by atoms with van der Waals surface area (Å²) in [7, 11) is 3.75. The predicted octanol–water partition coefficient (Wildman–Crippen LogP) is 4.50. The maximum absolute atomic E-state index is 13.5. The van der Waals surface area contributed by atoms with Crippen LogP contribution in [0.5, 0.6) is 0 Å². The van der Waals surface area contributed by atoms with Crippen LogP contribution in [-0.4, -0.2) is 19.1 Å². The highest BCUT2D eigenvalue weighted by Gasteiger charge is 2.35. The summed E-state index contributed by atoms with van der Waals surface area (Å²) in [4.78, 5) is 6.33. The van der Waals surface area contributed by atoms with Gasteiger partial charge in [0.2, 0.25) is 0 Å². The zero-order valence-electron chi connectivity index (χ0n) is 13.3. The molecule has 25 heavy (non-hydrogen) atoms. The van der Waals surface area contributed by atoms with Gasteiger partial charge in [-0.3, -0.25) is 0 Å². The number of alkyl halides is 3. The molecule has 2 heterocycles. The molecule has 0 aliphatic rings. The van der Waals surface area contributed by atoms with Gasteiger partial charge in [-0.15, -0.1) is 11.3 Å². The zero-order chi connectivity index (χ0) is 18.4. The average Bonchev–Trinajstić information content (AvgIpc) is 2.89. The van der Waals surface area contributed by atoms with E-state index in [1.165, 1.54) is 0 Å². The first-order valence-electron chi connectivity index (χ1n) is 7.20. The van der Waals surface area contributed by atoms with Gasteiger partial charge in [-0.05, 0) is 18.2 Å². The van der Waals surface area contributed by atoms with Gasteiger partial charge in [-0.2, -0.15) is 18.4 Å². The molecule has 0 amide bonds. The normalized spacial score (nSPS) is 11.5. The molecule has 128 valence electrons. The fourth-order valence-corrected chi connectivity index (χ4v) is 3.42. The fraction of sp³-hybridized carbons (Fsp3) is 0.176. The minimum atomic E-state index is -4.60. The van der Waals surface area contributed by atoms with Crippen LogP contribution in [0.3, 0.4) is 0 Å². The van der Waals surface area contributed by atoms with Crippen molar-refractivity contribution in [3.8, 4) is 17.3 Å². The molecule has 0 saturated carbocycles. The molecule has 1 aromatic carbocycles. The van der Waals surface area contributed by atoms with E-state index < -0.39 is 11.7 Å². The number of nitriles is 1. The SMILES string of the molecule is CN(C)c1ccc(-c2cc(C(F)(F)F)c3c(N)c(C#N)sc3n2)cc1. The second kappa shape index (κ2) is 5.93. The quantitative estimate of drug-likeness (QED) is 0.729. The number of thiophene rings is 1. The molecule has 3 rings (SSSR count). The summed E-state index contributed by atoms with van der Waals surface area (Å²) in [5, 5.41) is 8.84. The molecule has 3 aromatic rings. The molecule has 2 aromatic heterocycles. The van der Waals surface area contributed by atoms with Crippen molar-refractivity contribution >= 4 is 32.9 Å². The summed E-state index contributed by atoms with van der Waals surface area (Å²) in [6.45, 7) is 0.